The van der Waals surface area contributed by atoms with E-state index < -0.39 is 0 Å². The Kier molecular flexibility index (Phi) is 5.25. The summed E-state index contributed by atoms with van der Waals surface area (Å²) in [7, 11) is 0. The number of aromatic nitrogens is 2. The summed E-state index contributed by atoms with van der Waals surface area (Å²) < 4.78 is 0. The maximum Gasteiger partial charge on any atom is 0.237 e. The molecule has 1 atom stereocenters. The van der Waals surface area contributed by atoms with E-state index in [4.69, 9.17) is 11.6 Å². The summed E-state index contributed by atoms with van der Waals surface area (Å²) in [4.78, 5) is 21.5. The van der Waals surface area contributed by atoms with Gasteiger partial charge in [0.25, 0.3) is 0 Å². The van der Waals surface area contributed by atoms with Crippen LogP contribution in [0.1, 0.15) is 18.3 Å². The van der Waals surface area contributed by atoms with E-state index >= 15 is 0 Å². The Balaban J connectivity index is 1.81. The van der Waals surface area contributed by atoms with Crippen molar-refractivity contribution in [3.63, 3.8) is 0 Å². The maximum atomic E-state index is 12.6. The van der Waals surface area contributed by atoms with Gasteiger partial charge >= 0.3 is 0 Å². The van der Waals surface area contributed by atoms with E-state index in [9.17, 15) is 4.79 Å². The van der Waals surface area contributed by atoms with Crippen molar-refractivity contribution in [3.05, 3.63) is 58.9 Å². The molecule has 3 rings (SSSR count). The molecule has 0 aliphatic carbocycles. The van der Waals surface area contributed by atoms with Gasteiger partial charge < -0.3 is 5.32 Å². The Hall–Kier alpha value is -2.11. The number of carbonyl (C=O) groups excluding carboxylic acids is 1. The molecule has 0 bridgehead atoms. The molecule has 0 aliphatic heterocycles. The molecular weight excluding hydrogens is 354 g/mol. The van der Waals surface area contributed by atoms with Gasteiger partial charge in [0, 0.05) is 16.1 Å². The van der Waals surface area contributed by atoms with Gasteiger partial charge in [-0.1, -0.05) is 47.6 Å². The monoisotopic (exact) mass is 371 g/mol. The van der Waals surface area contributed by atoms with Crippen molar-refractivity contribution in [2.45, 2.75) is 31.0 Å². The van der Waals surface area contributed by atoms with Gasteiger partial charge in [-0.05, 0) is 44.5 Å². The van der Waals surface area contributed by atoms with Gasteiger partial charge in [-0.15, -0.1) is 0 Å². The van der Waals surface area contributed by atoms with Crippen molar-refractivity contribution in [1.29, 1.82) is 0 Å². The van der Waals surface area contributed by atoms with E-state index in [1.165, 1.54) is 11.8 Å². The predicted molar refractivity (Wildman–Crippen MR) is 104 cm³/mol. The highest BCUT2D eigenvalue weighted by molar-refractivity contribution is 8.00. The highest BCUT2D eigenvalue weighted by Crippen LogP contribution is 2.29. The number of carbonyl (C=O) groups is 1. The molecule has 2 aromatic carbocycles. The molecule has 25 heavy (non-hydrogen) atoms. The SMILES string of the molecule is Cc1nc(SC(C)C(=O)Nc2cc(Cl)ccc2C)c2ccccc2n1. The number of nitrogens with zero attached hydrogens (tertiary/aromatic N) is 2. The Morgan fingerprint density at radius 2 is 1.92 bits per heavy atom. The van der Waals surface area contributed by atoms with E-state index in [2.05, 4.69) is 15.3 Å². The van der Waals surface area contributed by atoms with Gasteiger partial charge in [0.2, 0.25) is 5.91 Å². The van der Waals surface area contributed by atoms with Crippen LogP contribution in [0, 0.1) is 13.8 Å². The minimum Gasteiger partial charge on any atom is -0.325 e. The smallest absolute Gasteiger partial charge is 0.237 e. The molecule has 1 unspecified atom stereocenters. The van der Waals surface area contributed by atoms with Crippen molar-refractivity contribution in [2.24, 2.45) is 0 Å². The quantitative estimate of drug-likeness (QED) is 0.516. The molecule has 1 amide bonds. The second-order valence-corrected chi connectivity index (χ2v) is 7.57. The number of nitrogens with one attached hydrogen (secondary N) is 1. The number of hydrogen-bond donors (Lipinski definition) is 1. The molecule has 3 aromatic rings. The summed E-state index contributed by atoms with van der Waals surface area (Å²) >= 11 is 7.45. The first-order valence-electron chi connectivity index (χ1n) is 7.91. The van der Waals surface area contributed by atoms with Gasteiger partial charge in [-0.3, -0.25) is 4.79 Å². The third kappa shape index (κ3) is 4.11. The van der Waals surface area contributed by atoms with Crippen molar-refractivity contribution in [1.82, 2.24) is 9.97 Å². The number of rotatable bonds is 4. The fourth-order valence-electron chi connectivity index (χ4n) is 2.43. The third-order valence-corrected chi connectivity index (χ3v) is 5.13. The molecular formula is C19H18ClN3OS. The zero-order chi connectivity index (χ0) is 18.0. The fourth-order valence-corrected chi connectivity index (χ4v) is 3.59. The Morgan fingerprint density at radius 1 is 1.16 bits per heavy atom. The Morgan fingerprint density at radius 3 is 2.72 bits per heavy atom. The van der Waals surface area contributed by atoms with Crippen LogP contribution in [-0.2, 0) is 4.79 Å². The number of benzene rings is 2. The molecule has 1 N–H and O–H groups in total. The van der Waals surface area contributed by atoms with E-state index in [0.29, 0.717) is 10.8 Å². The standard InChI is InChI=1S/C19H18ClN3OS/c1-11-8-9-14(20)10-17(11)23-18(24)12(2)25-19-15-6-4-5-7-16(15)21-13(3)22-19/h4-10,12H,1-3H3,(H,23,24). The summed E-state index contributed by atoms with van der Waals surface area (Å²) in [5.74, 6) is 0.607. The van der Waals surface area contributed by atoms with Gasteiger partial charge in [-0.2, -0.15) is 0 Å². The average Bonchev–Trinajstić information content (AvgIpc) is 2.58. The third-order valence-electron chi connectivity index (χ3n) is 3.80. The summed E-state index contributed by atoms with van der Waals surface area (Å²) in [6, 6.07) is 13.3. The number of hydrogen-bond acceptors (Lipinski definition) is 4. The predicted octanol–water partition coefficient (Wildman–Crippen LogP) is 5.02. The van der Waals surface area contributed by atoms with Gasteiger partial charge in [0.1, 0.15) is 10.9 Å². The topological polar surface area (TPSA) is 54.9 Å². The summed E-state index contributed by atoms with van der Waals surface area (Å²) in [6.45, 7) is 5.66. The Bertz CT molecular complexity index is 945. The van der Waals surface area contributed by atoms with Crippen LogP contribution in [0.3, 0.4) is 0 Å². The van der Waals surface area contributed by atoms with Crippen LogP contribution in [0.2, 0.25) is 5.02 Å². The average molecular weight is 372 g/mol. The number of aryl methyl sites for hydroxylation is 2. The van der Waals surface area contributed by atoms with Crippen molar-refractivity contribution >= 4 is 45.9 Å². The fraction of sp³-hybridized carbons (Fsp3) is 0.211. The van der Waals surface area contributed by atoms with Crippen LogP contribution >= 0.6 is 23.4 Å². The number of anilines is 1. The van der Waals surface area contributed by atoms with E-state index in [1.54, 1.807) is 12.1 Å². The van der Waals surface area contributed by atoms with Gasteiger partial charge in [0.05, 0.1) is 10.8 Å². The number of fused-ring (bicyclic) bond motifs is 1. The molecule has 1 heterocycles. The zero-order valence-electron chi connectivity index (χ0n) is 14.2. The number of amides is 1. The molecule has 0 radical (unpaired) electrons. The lowest BCUT2D eigenvalue weighted by Crippen LogP contribution is -2.23. The second-order valence-electron chi connectivity index (χ2n) is 5.80. The molecule has 4 nitrogen and oxygen atoms in total. The highest BCUT2D eigenvalue weighted by Gasteiger charge is 2.18. The van der Waals surface area contributed by atoms with Crippen LogP contribution in [0.25, 0.3) is 10.9 Å². The maximum absolute atomic E-state index is 12.6. The Labute approximate surface area is 156 Å². The molecule has 1 aromatic heterocycles. The number of para-hydroxylation sites is 1. The first-order valence-corrected chi connectivity index (χ1v) is 9.17. The molecule has 0 saturated heterocycles. The van der Waals surface area contributed by atoms with Crippen LogP contribution in [-0.4, -0.2) is 21.1 Å². The molecule has 0 aliphatic rings. The molecule has 128 valence electrons. The summed E-state index contributed by atoms with van der Waals surface area (Å²) in [6.07, 6.45) is 0. The van der Waals surface area contributed by atoms with E-state index in [-0.39, 0.29) is 11.2 Å². The lowest BCUT2D eigenvalue weighted by Gasteiger charge is -2.14. The molecule has 6 heteroatoms. The molecule has 0 saturated carbocycles. The largest absolute Gasteiger partial charge is 0.325 e. The number of thioether (sulfide) groups is 1. The first-order chi connectivity index (χ1) is 11.9. The van der Waals surface area contributed by atoms with Crippen LogP contribution < -0.4 is 5.32 Å². The molecule has 0 spiro atoms. The van der Waals surface area contributed by atoms with Gasteiger partial charge in [-0.25, -0.2) is 9.97 Å². The minimum atomic E-state index is -0.309. The summed E-state index contributed by atoms with van der Waals surface area (Å²) in [5.41, 5.74) is 2.59. The second kappa shape index (κ2) is 7.42. The normalized spacial score (nSPS) is 12.2. The van der Waals surface area contributed by atoms with Crippen molar-refractivity contribution in [3.8, 4) is 0 Å². The minimum absolute atomic E-state index is 0.0873. The zero-order valence-corrected chi connectivity index (χ0v) is 15.8. The highest BCUT2D eigenvalue weighted by atomic mass is 35.5. The lowest BCUT2D eigenvalue weighted by molar-refractivity contribution is -0.115. The van der Waals surface area contributed by atoms with E-state index in [1.807, 2.05) is 51.1 Å². The summed E-state index contributed by atoms with van der Waals surface area (Å²) in [5, 5.41) is 5.00. The van der Waals surface area contributed by atoms with Crippen molar-refractivity contribution < 1.29 is 4.79 Å². The van der Waals surface area contributed by atoms with Crippen LogP contribution in [0.4, 0.5) is 5.69 Å². The first kappa shape index (κ1) is 17.7. The van der Waals surface area contributed by atoms with E-state index in [0.717, 1.165) is 27.2 Å². The van der Waals surface area contributed by atoms with Crippen LogP contribution in [0.5, 0.6) is 0 Å². The van der Waals surface area contributed by atoms with Crippen molar-refractivity contribution in [2.75, 3.05) is 5.32 Å². The molecule has 0 fully saturated rings. The van der Waals surface area contributed by atoms with Crippen LogP contribution in [0.15, 0.2) is 47.5 Å². The number of halogens is 1. The lowest BCUT2D eigenvalue weighted by atomic mass is 10.2. The van der Waals surface area contributed by atoms with Gasteiger partial charge in [0.15, 0.2) is 0 Å².